The molecule has 0 amide bonds. The Bertz CT molecular complexity index is 318. The Kier molecular flexibility index (Phi) is 2.97. The first-order chi connectivity index (χ1) is 5.95. The molecule has 0 aromatic heterocycles. The van der Waals surface area contributed by atoms with Crippen LogP contribution < -0.4 is 0 Å². The lowest BCUT2D eigenvalue weighted by molar-refractivity contribution is 0.589. The summed E-state index contributed by atoms with van der Waals surface area (Å²) in [5.41, 5.74) is 2.73. The van der Waals surface area contributed by atoms with Gasteiger partial charge in [-0.15, -0.1) is 0 Å². The molecule has 1 aromatic rings. The van der Waals surface area contributed by atoms with Crippen molar-refractivity contribution in [2.75, 3.05) is 0 Å². The Morgan fingerprint density at radius 3 is 2.38 bits per heavy atom. The molecule has 0 spiro atoms. The third kappa shape index (κ3) is 2.44. The molecular weight excluding hydrogens is 224 g/mol. The van der Waals surface area contributed by atoms with Gasteiger partial charge in [-0.2, -0.15) is 0 Å². The van der Waals surface area contributed by atoms with Crippen molar-refractivity contribution >= 4 is 22.0 Å². The van der Waals surface area contributed by atoms with E-state index in [0.29, 0.717) is 0 Å². The Balaban J connectivity index is 3.29. The predicted octanol–water partition coefficient (Wildman–Crippen LogP) is 4.39. The lowest BCUT2D eigenvalue weighted by Gasteiger charge is -2.21. The first-order valence-electron chi connectivity index (χ1n) is 4.37. The largest absolute Gasteiger partial charge is 0.0985 e. The normalized spacial score (nSPS) is 11.4. The third-order valence-electron chi connectivity index (χ3n) is 2.04. The summed E-state index contributed by atoms with van der Waals surface area (Å²) in [7, 11) is 0. The van der Waals surface area contributed by atoms with Crippen LogP contribution in [-0.2, 0) is 5.41 Å². The standard InChI is InChI=1S/C12H15Br/c1-5-9-8-10(13)6-7-11(9)12(2,3)4/h5-8H,1H2,2-4H3. The van der Waals surface area contributed by atoms with Crippen molar-refractivity contribution in [2.45, 2.75) is 26.2 Å². The highest BCUT2D eigenvalue weighted by Crippen LogP contribution is 2.28. The van der Waals surface area contributed by atoms with Crippen molar-refractivity contribution < 1.29 is 0 Å². The van der Waals surface area contributed by atoms with E-state index in [0.717, 1.165) is 4.47 Å². The smallest absolute Gasteiger partial charge is 0.0181 e. The van der Waals surface area contributed by atoms with Crippen LogP contribution in [0.3, 0.4) is 0 Å². The SMILES string of the molecule is C=Cc1cc(Br)ccc1C(C)(C)C. The van der Waals surface area contributed by atoms with Crippen molar-refractivity contribution in [2.24, 2.45) is 0 Å². The average molecular weight is 239 g/mol. The monoisotopic (exact) mass is 238 g/mol. The molecule has 0 aliphatic rings. The van der Waals surface area contributed by atoms with Gasteiger partial charge in [0.1, 0.15) is 0 Å². The molecule has 13 heavy (non-hydrogen) atoms. The number of hydrogen-bond donors (Lipinski definition) is 0. The maximum atomic E-state index is 3.83. The van der Waals surface area contributed by atoms with E-state index >= 15 is 0 Å². The summed E-state index contributed by atoms with van der Waals surface area (Å²) in [5.74, 6) is 0. The predicted molar refractivity (Wildman–Crippen MR) is 62.9 cm³/mol. The van der Waals surface area contributed by atoms with Gasteiger partial charge in [0.25, 0.3) is 0 Å². The zero-order valence-corrected chi connectivity index (χ0v) is 9.98. The Morgan fingerprint density at radius 2 is 1.92 bits per heavy atom. The molecule has 0 aliphatic carbocycles. The molecule has 1 heteroatoms. The summed E-state index contributed by atoms with van der Waals surface area (Å²) in [6, 6.07) is 6.34. The van der Waals surface area contributed by atoms with Crippen LogP contribution in [0.25, 0.3) is 6.08 Å². The molecule has 0 nitrogen and oxygen atoms in total. The van der Waals surface area contributed by atoms with E-state index < -0.39 is 0 Å². The van der Waals surface area contributed by atoms with E-state index in [4.69, 9.17) is 0 Å². The first-order valence-corrected chi connectivity index (χ1v) is 5.17. The zero-order chi connectivity index (χ0) is 10.1. The zero-order valence-electron chi connectivity index (χ0n) is 8.39. The van der Waals surface area contributed by atoms with Crippen LogP contribution in [0.5, 0.6) is 0 Å². The number of benzene rings is 1. The summed E-state index contributed by atoms with van der Waals surface area (Å²) >= 11 is 3.46. The van der Waals surface area contributed by atoms with Crippen molar-refractivity contribution in [1.82, 2.24) is 0 Å². The molecule has 1 rings (SSSR count). The van der Waals surface area contributed by atoms with Crippen molar-refractivity contribution in [1.29, 1.82) is 0 Å². The molecule has 1 aromatic carbocycles. The molecule has 0 aliphatic heterocycles. The number of rotatable bonds is 1. The van der Waals surface area contributed by atoms with Gasteiger partial charge >= 0.3 is 0 Å². The average Bonchev–Trinajstić information content (AvgIpc) is 2.01. The number of hydrogen-bond acceptors (Lipinski definition) is 0. The van der Waals surface area contributed by atoms with Crippen LogP contribution in [0, 0.1) is 0 Å². The van der Waals surface area contributed by atoms with E-state index in [1.54, 1.807) is 0 Å². The summed E-state index contributed by atoms with van der Waals surface area (Å²) in [5, 5.41) is 0. The highest BCUT2D eigenvalue weighted by molar-refractivity contribution is 9.10. The minimum atomic E-state index is 0.185. The van der Waals surface area contributed by atoms with Gasteiger partial charge in [0.15, 0.2) is 0 Å². The second-order valence-electron chi connectivity index (χ2n) is 4.19. The fraction of sp³-hybridized carbons (Fsp3) is 0.333. The molecule has 0 heterocycles. The first kappa shape index (κ1) is 10.5. The molecule has 0 N–H and O–H groups in total. The van der Waals surface area contributed by atoms with Crippen LogP contribution in [0.1, 0.15) is 31.9 Å². The van der Waals surface area contributed by atoms with Gasteiger partial charge in [-0.25, -0.2) is 0 Å². The van der Waals surface area contributed by atoms with Crippen LogP contribution in [0.15, 0.2) is 29.3 Å². The fourth-order valence-electron chi connectivity index (χ4n) is 1.39. The maximum Gasteiger partial charge on any atom is 0.0181 e. The van der Waals surface area contributed by atoms with Crippen molar-refractivity contribution in [3.63, 3.8) is 0 Å². The quantitative estimate of drug-likeness (QED) is 0.681. The van der Waals surface area contributed by atoms with Crippen LogP contribution in [0.4, 0.5) is 0 Å². The second kappa shape index (κ2) is 3.67. The highest BCUT2D eigenvalue weighted by Gasteiger charge is 2.16. The topological polar surface area (TPSA) is 0 Å². The Labute approximate surface area is 88.8 Å². The van der Waals surface area contributed by atoms with Crippen molar-refractivity contribution in [3.8, 4) is 0 Å². The minimum Gasteiger partial charge on any atom is -0.0985 e. The van der Waals surface area contributed by atoms with Gasteiger partial charge < -0.3 is 0 Å². The summed E-state index contributed by atoms with van der Waals surface area (Å²) in [6.07, 6.45) is 1.91. The van der Waals surface area contributed by atoms with E-state index in [9.17, 15) is 0 Å². The van der Waals surface area contributed by atoms with E-state index in [1.807, 2.05) is 6.08 Å². The van der Waals surface area contributed by atoms with Gasteiger partial charge in [-0.1, -0.05) is 55.4 Å². The lowest BCUT2D eigenvalue weighted by atomic mass is 9.84. The summed E-state index contributed by atoms with van der Waals surface area (Å²) in [6.45, 7) is 10.5. The highest BCUT2D eigenvalue weighted by atomic mass is 79.9. The molecule has 0 saturated heterocycles. The lowest BCUT2D eigenvalue weighted by Crippen LogP contribution is -2.12. The van der Waals surface area contributed by atoms with Gasteiger partial charge in [-0.05, 0) is 28.7 Å². The van der Waals surface area contributed by atoms with Crippen molar-refractivity contribution in [3.05, 3.63) is 40.4 Å². The summed E-state index contributed by atoms with van der Waals surface area (Å²) in [4.78, 5) is 0. The molecule has 0 unspecified atom stereocenters. The maximum absolute atomic E-state index is 3.83. The van der Waals surface area contributed by atoms with Crippen LogP contribution in [-0.4, -0.2) is 0 Å². The van der Waals surface area contributed by atoms with Crippen LogP contribution >= 0.6 is 15.9 Å². The van der Waals surface area contributed by atoms with E-state index in [2.05, 4.69) is 61.5 Å². The molecule has 0 radical (unpaired) electrons. The number of halogens is 1. The summed E-state index contributed by atoms with van der Waals surface area (Å²) < 4.78 is 1.11. The minimum absolute atomic E-state index is 0.185. The van der Waals surface area contributed by atoms with Gasteiger partial charge in [-0.3, -0.25) is 0 Å². The van der Waals surface area contributed by atoms with Gasteiger partial charge in [0, 0.05) is 4.47 Å². The Hall–Kier alpha value is -0.560. The van der Waals surface area contributed by atoms with Crippen LogP contribution in [0.2, 0.25) is 0 Å². The Morgan fingerprint density at radius 1 is 1.31 bits per heavy atom. The van der Waals surface area contributed by atoms with E-state index in [-0.39, 0.29) is 5.41 Å². The van der Waals surface area contributed by atoms with E-state index in [1.165, 1.54) is 11.1 Å². The molecule has 0 fully saturated rings. The molecule has 70 valence electrons. The molecule has 0 bridgehead atoms. The molecule has 0 atom stereocenters. The second-order valence-corrected chi connectivity index (χ2v) is 5.10. The van der Waals surface area contributed by atoms with Gasteiger partial charge in [0.05, 0.1) is 0 Å². The molecule has 0 saturated carbocycles. The third-order valence-corrected chi connectivity index (χ3v) is 2.53. The molecular formula is C12H15Br. The van der Waals surface area contributed by atoms with Gasteiger partial charge in [0.2, 0.25) is 0 Å². The fourth-order valence-corrected chi connectivity index (χ4v) is 1.76.